The molecule has 0 unspecified atom stereocenters. The van der Waals surface area contributed by atoms with Crippen LogP contribution in [0, 0.1) is 5.92 Å². The molecule has 1 aromatic rings. The molecule has 1 aromatic carbocycles. The standard InChI is InChI=1S/C16H21ClN2O3/c1-22-16(21)11-19(9-13-4-2-3-5-14(13)17)10-15(20)18-8-12-6-7-12/h2-5,12H,6-11H2,1H3,(H,18,20). The third kappa shape index (κ3) is 5.66. The van der Waals surface area contributed by atoms with E-state index in [0.717, 1.165) is 12.1 Å². The van der Waals surface area contributed by atoms with Gasteiger partial charge < -0.3 is 10.1 Å². The van der Waals surface area contributed by atoms with Gasteiger partial charge in [0.2, 0.25) is 5.91 Å². The molecule has 1 aliphatic carbocycles. The Morgan fingerprint density at radius 2 is 2.05 bits per heavy atom. The number of nitrogens with one attached hydrogen (secondary N) is 1. The molecule has 1 fully saturated rings. The number of hydrogen-bond donors (Lipinski definition) is 1. The summed E-state index contributed by atoms with van der Waals surface area (Å²) in [7, 11) is 1.34. The third-order valence-corrected chi connectivity index (χ3v) is 3.95. The van der Waals surface area contributed by atoms with Crippen molar-refractivity contribution in [1.82, 2.24) is 10.2 Å². The predicted octanol–water partition coefficient (Wildman–Crippen LogP) is 1.84. The van der Waals surface area contributed by atoms with Crippen molar-refractivity contribution in [3.63, 3.8) is 0 Å². The highest BCUT2D eigenvalue weighted by atomic mass is 35.5. The zero-order valence-corrected chi connectivity index (χ0v) is 13.4. The van der Waals surface area contributed by atoms with Crippen LogP contribution >= 0.6 is 11.6 Å². The molecular weight excluding hydrogens is 304 g/mol. The van der Waals surface area contributed by atoms with Crippen molar-refractivity contribution in [2.24, 2.45) is 5.92 Å². The molecule has 5 nitrogen and oxygen atoms in total. The van der Waals surface area contributed by atoms with E-state index in [1.807, 2.05) is 18.2 Å². The van der Waals surface area contributed by atoms with Crippen molar-refractivity contribution in [3.05, 3.63) is 34.9 Å². The maximum Gasteiger partial charge on any atom is 0.319 e. The number of benzene rings is 1. The van der Waals surface area contributed by atoms with E-state index >= 15 is 0 Å². The smallest absolute Gasteiger partial charge is 0.319 e. The van der Waals surface area contributed by atoms with Crippen molar-refractivity contribution >= 4 is 23.5 Å². The number of methoxy groups -OCH3 is 1. The normalized spacial score (nSPS) is 14.0. The highest BCUT2D eigenvalue weighted by molar-refractivity contribution is 6.31. The van der Waals surface area contributed by atoms with Gasteiger partial charge in [-0.3, -0.25) is 14.5 Å². The Hall–Kier alpha value is -1.59. The molecule has 0 radical (unpaired) electrons. The average Bonchev–Trinajstić information content (AvgIpc) is 3.31. The molecule has 0 spiro atoms. The molecule has 0 aliphatic heterocycles. The second kappa shape index (κ2) is 8.15. The van der Waals surface area contributed by atoms with Gasteiger partial charge in [-0.25, -0.2) is 0 Å². The summed E-state index contributed by atoms with van der Waals surface area (Å²) in [6.07, 6.45) is 2.37. The average molecular weight is 325 g/mol. The monoisotopic (exact) mass is 324 g/mol. The minimum absolute atomic E-state index is 0.0541. The van der Waals surface area contributed by atoms with Crippen LogP contribution in [-0.2, 0) is 20.9 Å². The van der Waals surface area contributed by atoms with E-state index in [4.69, 9.17) is 16.3 Å². The van der Waals surface area contributed by atoms with Gasteiger partial charge in [-0.1, -0.05) is 29.8 Å². The van der Waals surface area contributed by atoms with E-state index in [9.17, 15) is 9.59 Å². The van der Waals surface area contributed by atoms with Gasteiger partial charge in [0.1, 0.15) is 0 Å². The Kier molecular flexibility index (Phi) is 6.21. The summed E-state index contributed by atoms with van der Waals surface area (Å²) in [6, 6.07) is 7.40. The summed E-state index contributed by atoms with van der Waals surface area (Å²) in [6.45, 7) is 1.34. The summed E-state index contributed by atoms with van der Waals surface area (Å²) in [5.74, 6) is 0.173. The molecule has 1 amide bonds. The second-order valence-corrected chi connectivity index (χ2v) is 5.97. The minimum Gasteiger partial charge on any atom is -0.468 e. The van der Waals surface area contributed by atoms with Gasteiger partial charge in [0.15, 0.2) is 0 Å². The molecule has 1 saturated carbocycles. The number of hydrogen-bond acceptors (Lipinski definition) is 4. The first-order chi connectivity index (χ1) is 10.6. The number of rotatable bonds is 8. The van der Waals surface area contributed by atoms with E-state index in [1.54, 1.807) is 11.0 Å². The quantitative estimate of drug-likeness (QED) is 0.741. The summed E-state index contributed by atoms with van der Waals surface area (Å²) in [4.78, 5) is 25.3. The van der Waals surface area contributed by atoms with Crippen LogP contribution in [0.15, 0.2) is 24.3 Å². The molecule has 0 aromatic heterocycles. The second-order valence-electron chi connectivity index (χ2n) is 5.56. The predicted molar refractivity (Wildman–Crippen MR) is 84.5 cm³/mol. The summed E-state index contributed by atoms with van der Waals surface area (Å²) >= 11 is 6.14. The lowest BCUT2D eigenvalue weighted by Gasteiger charge is -2.21. The van der Waals surface area contributed by atoms with Crippen molar-refractivity contribution in [1.29, 1.82) is 0 Å². The molecule has 22 heavy (non-hydrogen) atoms. The van der Waals surface area contributed by atoms with Crippen molar-refractivity contribution in [2.75, 3.05) is 26.7 Å². The lowest BCUT2D eigenvalue weighted by atomic mass is 10.2. The Balaban J connectivity index is 1.93. The molecule has 1 N–H and O–H groups in total. The van der Waals surface area contributed by atoms with Crippen LogP contribution in [0.3, 0.4) is 0 Å². The Morgan fingerprint density at radius 3 is 2.68 bits per heavy atom. The van der Waals surface area contributed by atoms with Crippen molar-refractivity contribution in [2.45, 2.75) is 19.4 Å². The highest BCUT2D eigenvalue weighted by Gasteiger charge is 2.22. The van der Waals surface area contributed by atoms with Gasteiger partial charge in [0.05, 0.1) is 20.2 Å². The van der Waals surface area contributed by atoms with Gasteiger partial charge in [-0.05, 0) is 30.4 Å². The number of carbonyl (C=O) groups is 2. The van der Waals surface area contributed by atoms with Gasteiger partial charge in [-0.2, -0.15) is 0 Å². The molecule has 0 saturated heterocycles. The van der Waals surface area contributed by atoms with Crippen LogP contribution in [0.5, 0.6) is 0 Å². The summed E-state index contributed by atoms with van der Waals surface area (Å²) in [5.41, 5.74) is 0.878. The van der Waals surface area contributed by atoms with E-state index in [0.29, 0.717) is 17.5 Å². The first kappa shape index (κ1) is 16.8. The zero-order chi connectivity index (χ0) is 15.9. The van der Waals surface area contributed by atoms with E-state index in [1.165, 1.54) is 20.0 Å². The highest BCUT2D eigenvalue weighted by Crippen LogP contribution is 2.27. The first-order valence-electron chi connectivity index (χ1n) is 7.37. The molecule has 0 heterocycles. The molecule has 2 rings (SSSR count). The maximum atomic E-state index is 12.0. The number of amides is 1. The fourth-order valence-corrected chi connectivity index (χ4v) is 2.32. The molecule has 0 atom stereocenters. The number of nitrogens with zero attached hydrogens (tertiary/aromatic N) is 1. The molecule has 1 aliphatic rings. The van der Waals surface area contributed by atoms with Crippen molar-refractivity contribution < 1.29 is 14.3 Å². The lowest BCUT2D eigenvalue weighted by molar-refractivity contribution is -0.142. The molecule has 0 bridgehead atoms. The first-order valence-corrected chi connectivity index (χ1v) is 7.75. The Labute approximate surface area is 135 Å². The van der Waals surface area contributed by atoms with E-state index in [-0.39, 0.29) is 25.0 Å². The third-order valence-electron chi connectivity index (χ3n) is 3.58. The Morgan fingerprint density at radius 1 is 1.32 bits per heavy atom. The van der Waals surface area contributed by atoms with E-state index < -0.39 is 0 Å². The zero-order valence-electron chi connectivity index (χ0n) is 12.7. The summed E-state index contributed by atoms with van der Waals surface area (Å²) in [5, 5.41) is 3.52. The topological polar surface area (TPSA) is 58.6 Å². The van der Waals surface area contributed by atoms with Crippen molar-refractivity contribution in [3.8, 4) is 0 Å². The summed E-state index contributed by atoms with van der Waals surface area (Å²) < 4.78 is 4.69. The van der Waals surface area contributed by atoms with Gasteiger partial charge in [0, 0.05) is 18.1 Å². The largest absolute Gasteiger partial charge is 0.468 e. The van der Waals surface area contributed by atoms with Gasteiger partial charge in [0.25, 0.3) is 0 Å². The fraction of sp³-hybridized carbons (Fsp3) is 0.500. The van der Waals surface area contributed by atoms with Crippen LogP contribution in [0.4, 0.5) is 0 Å². The fourth-order valence-electron chi connectivity index (χ4n) is 2.12. The Bertz CT molecular complexity index is 532. The SMILES string of the molecule is COC(=O)CN(CC(=O)NCC1CC1)Cc1ccccc1Cl. The van der Waals surface area contributed by atoms with Crippen LogP contribution in [0.25, 0.3) is 0 Å². The lowest BCUT2D eigenvalue weighted by Crippen LogP contribution is -2.40. The molecular formula is C16H21ClN2O3. The van der Waals surface area contributed by atoms with E-state index in [2.05, 4.69) is 5.32 Å². The van der Waals surface area contributed by atoms with Crippen LogP contribution in [0.2, 0.25) is 5.02 Å². The molecule has 120 valence electrons. The minimum atomic E-state index is -0.373. The van der Waals surface area contributed by atoms with Crippen LogP contribution in [0.1, 0.15) is 18.4 Å². The van der Waals surface area contributed by atoms with Crippen LogP contribution in [-0.4, -0.2) is 43.5 Å². The molecule has 6 heteroatoms. The maximum absolute atomic E-state index is 12.0. The number of ether oxygens (including phenoxy) is 1. The number of esters is 1. The van der Waals surface area contributed by atoms with Gasteiger partial charge >= 0.3 is 5.97 Å². The van der Waals surface area contributed by atoms with Gasteiger partial charge in [-0.15, -0.1) is 0 Å². The van der Waals surface area contributed by atoms with Crippen LogP contribution < -0.4 is 5.32 Å². The number of halogens is 1. The number of carbonyl (C=O) groups excluding carboxylic acids is 2.